The third-order valence-corrected chi connectivity index (χ3v) is 4.48. The van der Waals surface area contributed by atoms with Crippen molar-refractivity contribution in [2.24, 2.45) is 0 Å². The van der Waals surface area contributed by atoms with Crippen LogP contribution in [0.3, 0.4) is 0 Å². The highest BCUT2D eigenvalue weighted by atomic mass is 16.5. The average molecular weight is 319 g/mol. The van der Waals surface area contributed by atoms with E-state index in [2.05, 4.69) is 48.6 Å². The van der Waals surface area contributed by atoms with E-state index < -0.39 is 0 Å². The minimum Gasteiger partial charge on any atom is -0.493 e. The molecule has 1 aliphatic heterocycles. The Labute approximate surface area is 142 Å². The zero-order valence-electron chi connectivity index (χ0n) is 13.8. The van der Waals surface area contributed by atoms with Gasteiger partial charge in [-0.15, -0.1) is 0 Å². The molecule has 1 atom stereocenters. The van der Waals surface area contributed by atoms with Gasteiger partial charge in [0.05, 0.1) is 13.2 Å². The Morgan fingerprint density at radius 3 is 2.71 bits per heavy atom. The quantitative estimate of drug-likeness (QED) is 0.745. The van der Waals surface area contributed by atoms with Crippen molar-refractivity contribution in [1.82, 2.24) is 5.32 Å². The van der Waals surface area contributed by atoms with E-state index in [1.165, 1.54) is 11.1 Å². The second-order valence-corrected chi connectivity index (χ2v) is 6.24. The standard InChI is InChI=1S/C21H21NO2/c1-15-6-8-16(9-7-15)20-11-10-17(24-20)14-22-19-12-13-23-21-5-3-2-4-18(19)21/h2-11,19,22H,12-14H2,1H3. The lowest BCUT2D eigenvalue weighted by Crippen LogP contribution is -2.26. The second-order valence-electron chi connectivity index (χ2n) is 6.24. The lowest BCUT2D eigenvalue weighted by atomic mass is 10.0. The van der Waals surface area contributed by atoms with Crippen LogP contribution < -0.4 is 10.1 Å². The van der Waals surface area contributed by atoms with E-state index in [9.17, 15) is 0 Å². The summed E-state index contributed by atoms with van der Waals surface area (Å²) in [6.07, 6.45) is 0.975. The molecule has 24 heavy (non-hydrogen) atoms. The molecule has 3 aromatic rings. The fourth-order valence-corrected chi connectivity index (χ4v) is 3.12. The summed E-state index contributed by atoms with van der Waals surface area (Å²) in [4.78, 5) is 0. The minimum atomic E-state index is 0.308. The van der Waals surface area contributed by atoms with Crippen LogP contribution in [-0.4, -0.2) is 6.61 Å². The molecule has 3 heteroatoms. The summed E-state index contributed by atoms with van der Waals surface area (Å²) in [6.45, 7) is 3.55. The zero-order chi connectivity index (χ0) is 16.4. The highest BCUT2D eigenvalue weighted by molar-refractivity contribution is 5.57. The third-order valence-electron chi connectivity index (χ3n) is 4.48. The second kappa shape index (κ2) is 6.54. The van der Waals surface area contributed by atoms with Crippen LogP contribution in [0.4, 0.5) is 0 Å². The van der Waals surface area contributed by atoms with Crippen LogP contribution in [0.1, 0.15) is 29.3 Å². The predicted molar refractivity (Wildman–Crippen MR) is 95.0 cm³/mol. The lowest BCUT2D eigenvalue weighted by Gasteiger charge is -2.26. The van der Waals surface area contributed by atoms with Gasteiger partial charge in [0.15, 0.2) is 0 Å². The van der Waals surface area contributed by atoms with Gasteiger partial charge in [0.2, 0.25) is 0 Å². The van der Waals surface area contributed by atoms with E-state index in [0.29, 0.717) is 12.6 Å². The Morgan fingerprint density at radius 1 is 1.00 bits per heavy atom. The van der Waals surface area contributed by atoms with Gasteiger partial charge in [-0.25, -0.2) is 0 Å². The maximum absolute atomic E-state index is 5.99. The van der Waals surface area contributed by atoms with Gasteiger partial charge in [-0.1, -0.05) is 48.0 Å². The highest BCUT2D eigenvalue weighted by Crippen LogP contribution is 2.32. The number of nitrogens with one attached hydrogen (secondary N) is 1. The molecule has 0 saturated carbocycles. The molecule has 4 rings (SSSR count). The van der Waals surface area contributed by atoms with Crippen molar-refractivity contribution in [3.8, 4) is 17.1 Å². The van der Waals surface area contributed by atoms with Crippen molar-refractivity contribution in [3.05, 3.63) is 77.6 Å². The number of rotatable bonds is 4. The SMILES string of the molecule is Cc1ccc(-c2ccc(CNC3CCOc4ccccc43)o2)cc1. The predicted octanol–water partition coefficient (Wildman–Crippen LogP) is 4.87. The minimum absolute atomic E-state index is 0.308. The summed E-state index contributed by atoms with van der Waals surface area (Å²) in [6, 6.07) is 21.0. The van der Waals surface area contributed by atoms with Gasteiger partial charge >= 0.3 is 0 Å². The molecule has 0 amide bonds. The molecule has 2 aromatic carbocycles. The summed E-state index contributed by atoms with van der Waals surface area (Å²) in [5, 5.41) is 3.59. The number of aryl methyl sites for hydroxylation is 1. The molecule has 1 aliphatic rings. The molecule has 1 N–H and O–H groups in total. The maximum atomic E-state index is 5.99. The van der Waals surface area contributed by atoms with Crippen LogP contribution in [0.25, 0.3) is 11.3 Å². The number of ether oxygens (including phenoxy) is 1. The molecule has 122 valence electrons. The molecule has 1 aromatic heterocycles. The molecular formula is C21H21NO2. The number of furan rings is 1. The fraction of sp³-hybridized carbons (Fsp3) is 0.238. The molecule has 3 nitrogen and oxygen atoms in total. The van der Waals surface area contributed by atoms with Gasteiger partial charge in [0.25, 0.3) is 0 Å². The first-order chi connectivity index (χ1) is 11.8. The zero-order valence-corrected chi connectivity index (χ0v) is 13.8. The summed E-state index contributed by atoms with van der Waals surface area (Å²) >= 11 is 0. The van der Waals surface area contributed by atoms with E-state index in [0.717, 1.165) is 35.9 Å². The van der Waals surface area contributed by atoms with Gasteiger partial charge < -0.3 is 14.5 Å². The molecule has 0 bridgehead atoms. The molecule has 1 unspecified atom stereocenters. The molecule has 2 heterocycles. The Bertz CT molecular complexity index is 820. The van der Waals surface area contributed by atoms with Gasteiger partial charge in [-0.3, -0.25) is 0 Å². The Kier molecular flexibility index (Phi) is 4.09. The summed E-state index contributed by atoms with van der Waals surface area (Å²) in [5.41, 5.74) is 3.60. The first-order valence-electron chi connectivity index (χ1n) is 8.40. The summed E-state index contributed by atoms with van der Waals surface area (Å²) < 4.78 is 11.7. The molecule has 0 fully saturated rings. The van der Waals surface area contributed by atoms with Crippen LogP contribution in [0.5, 0.6) is 5.75 Å². The first kappa shape index (κ1) is 15.0. The van der Waals surface area contributed by atoms with Crippen molar-refractivity contribution >= 4 is 0 Å². The molecule has 0 spiro atoms. The van der Waals surface area contributed by atoms with Crippen molar-refractivity contribution in [2.45, 2.75) is 25.9 Å². The molecule has 0 radical (unpaired) electrons. The van der Waals surface area contributed by atoms with Gasteiger partial charge in [0.1, 0.15) is 17.3 Å². The summed E-state index contributed by atoms with van der Waals surface area (Å²) in [7, 11) is 0. The highest BCUT2D eigenvalue weighted by Gasteiger charge is 2.20. The topological polar surface area (TPSA) is 34.4 Å². The number of hydrogen-bond acceptors (Lipinski definition) is 3. The van der Waals surface area contributed by atoms with Crippen molar-refractivity contribution in [2.75, 3.05) is 6.61 Å². The van der Waals surface area contributed by atoms with E-state index in [1.807, 2.05) is 24.3 Å². The third kappa shape index (κ3) is 3.08. The Morgan fingerprint density at radius 2 is 1.83 bits per heavy atom. The van der Waals surface area contributed by atoms with Gasteiger partial charge in [-0.2, -0.15) is 0 Å². The molecule has 0 aliphatic carbocycles. The lowest BCUT2D eigenvalue weighted by molar-refractivity contribution is 0.250. The normalized spacial score (nSPS) is 16.5. The van der Waals surface area contributed by atoms with E-state index in [1.54, 1.807) is 0 Å². The van der Waals surface area contributed by atoms with Gasteiger partial charge in [-0.05, 0) is 25.1 Å². The number of hydrogen-bond donors (Lipinski definition) is 1. The average Bonchev–Trinajstić information content (AvgIpc) is 3.09. The van der Waals surface area contributed by atoms with Crippen LogP contribution in [-0.2, 0) is 6.54 Å². The Balaban J connectivity index is 1.45. The monoisotopic (exact) mass is 319 g/mol. The van der Waals surface area contributed by atoms with Crippen LogP contribution in [0.15, 0.2) is 65.1 Å². The summed E-state index contributed by atoms with van der Waals surface area (Å²) in [5.74, 6) is 2.86. The van der Waals surface area contributed by atoms with E-state index in [4.69, 9.17) is 9.15 Å². The fourth-order valence-electron chi connectivity index (χ4n) is 3.12. The van der Waals surface area contributed by atoms with E-state index in [-0.39, 0.29) is 0 Å². The smallest absolute Gasteiger partial charge is 0.134 e. The number of fused-ring (bicyclic) bond motifs is 1. The molecular weight excluding hydrogens is 298 g/mol. The van der Waals surface area contributed by atoms with Crippen LogP contribution in [0.2, 0.25) is 0 Å². The largest absolute Gasteiger partial charge is 0.493 e. The molecule has 0 saturated heterocycles. The Hall–Kier alpha value is -2.52. The number of para-hydroxylation sites is 1. The first-order valence-corrected chi connectivity index (χ1v) is 8.40. The van der Waals surface area contributed by atoms with Crippen molar-refractivity contribution in [1.29, 1.82) is 0 Å². The van der Waals surface area contributed by atoms with E-state index >= 15 is 0 Å². The van der Waals surface area contributed by atoms with Crippen molar-refractivity contribution in [3.63, 3.8) is 0 Å². The van der Waals surface area contributed by atoms with Crippen LogP contribution >= 0.6 is 0 Å². The van der Waals surface area contributed by atoms with Gasteiger partial charge in [0, 0.05) is 23.6 Å². The van der Waals surface area contributed by atoms with Crippen LogP contribution in [0, 0.1) is 6.92 Å². The maximum Gasteiger partial charge on any atom is 0.134 e. The number of benzene rings is 2. The van der Waals surface area contributed by atoms with Crippen molar-refractivity contribution < 1.29 is 9.15 Å².